The lowest BCUT2D eigenvalue weighted by Crippen LogP contribution is -1.99. The Kier molecular flexibility index (Phi) is 4.36. The number of rotatable bonds is 3. The molecule has 0 radical (unpaired) electrons. The largest absolute Gasteiger partial charge is 0.469 e. The number of hydrogen-bond donors (Lipinski definition) is 0. The quantitative estimate of drug-likeness (QED) is 0.236. The van der Waals surface area contributed by atoms with E-state index in [1.54, 1.807) is 0 Å². The van der Waals surface area contributed by atoms with Crippen LogP contribution in [0.1, 0.15) is 12.8 Å². The third-order valence-electron chi connectivity index (χ3n) is 0.787. The molecule has 0 aromatic carbocycles. The van der Waals surface area contributed by atoms with Gasteiger partial charge in [-0.2, -0.15) is 4.79 Å². The van der Waals surface area contributed by atoms with Crippen LogP contribution in [-0.4, -0.2) is 24.1 Å². The molecule has 0 saturated heterocycles. The van der Waals surface area contributed by atoms with Crippen molar-refractivity contribution in [1.82, 2.24) is 0 Å². The van der Waals surface area contributed by atoms with E-state index in [4.69, 9.17) is 5.53 Å². The standard InChI is InChI=1S/C5H8N2O2/c1-9-5(8)3-2-4-7-6/h4H,2-3H2,1H3. The molecule has 0 N–H and O–H groups in total. The fourth-order valence-electron chi connectivity index (χ4n) is 0.342. The average Bonchev–Trinajstić information content (AvgIpc) is 1.89. The highest BCUT2D eigenvalue weighted by atomic mass is 16.5. The van der Waals surface area contributed by atoms with Crippen LogP contribution in [0.5, 0.6) is 0 Å². The highest BCUT2D eigenvalue weighted by Crippen LogP contribution is 1.85. The van der Waals surface area contributed by atoms with Crippen LogP contribution in [0.2, 0.25) is 0 Å². The summed E-state index contributed by atoms with van der Waals surface area (Å²) in [6, 6.07) is 0. The normalized spacial score (nSPS) is 7.67. The number of ether oxygens (including phenoxy) is 1. The molecule has 0 unspecified atom stereocenters. The predicted molar refractivity (Wildman–Crippen MR) is 30.9 cm³/mol. The van der Waals surface area contributed by atoms with E-state index in [9.17, 15) is 4.79 Å². The molecule has 0 atom stereocenters. The van der Waals surface area contributed by atoms with Crippen molar-refractivity contribution in [3.05, 3.63) is 5.53 Å². The molecule has 0 saturated carbocycles. The van der Waals surface area contributed by atoms with Gasteiger partial charge in [0.05, 0.1) is 20.0 Å². The van der Waals surface area contributed by atoms with Crippen LogP contribution in [0.15, 0.2) is 0 Å². The van der Waals surface area contributed by atoms with Gasteiger partial charge in [-0.15, -0.1) is 0 Å². The fourth-order valence-corrected chi connectivity index (χ4v) is 0.342. The minimum Gasteiger partial charge on any atom is -0.469 e. The van der Waals surface area contributed by atoms with Gasteiger partial charge in [-0.3, -0.25) is 4.79 Å². The molecule has 4 nitrogen and oxygen atoms in total. The number of carbonyl (C=O) groups excluding carboxylic acids is 1. The minimum absolute atomic E-state index is 0.264. The molecule has 0 spiro atoms. The lowest BCUT2D eigenvalue weighted by Gasteiger charge is -1.89. The maximum Gasteiger partial charge on any atom is 0.306 e. The Morgan fingerprint density at radius 3 is 3.00 bits per heavy atom. The molecule has 0 aromatic heterocycles. The average molecular weight is 128 g/mol. The van der Waals surface area contributed by atoms with Gasteiger partial charge < -0.3 is 10.3 Å². The summed E-state index contributed by atoms with van der Waals surface area (Å²) >= 11 is 0. The SMILES string of the molecule is COC(=O)CCC=[N+]=[N-]. The second-order valence-corrected chi connectivity index (χ2v) is 1.41. The highest BCUT2D eigenvalue weighted by Gasteiger charge is 1.97. The van der Waals surface area contributed by atoms with Gasteiger partial charge in [-0.1, -0.05) is 0 Å². The Morgan fingerprint density at radius 1 is 1.89 bits per heavy atom. The van der Waals surface area contributed by atoms with Crippen molar-refractivity contribution in [3.63, 3.8) is 0 Å². The van der Waals surface area contributed by atoms with Crippen LogP contribution in [0.25, 0.3) is 5.53 Å². The van der Waals surface area contributed by atoms with E-state index in [-0.39, 0.29) is 12.4 Å². The molecule has 0 aliphatic rings. The van der Waals surface area contributed by atoms with Crippen molar-refractivity contribution in [2.24, 2.45) is 0 Å². The van der Waals surface area contributed by atoms with Gasteiger partial charge >= 0.3 is 5.97 Å². The number of nitrogens with zero attached hydrogens (tertiary/aromatic N) is 2. The smallest absolute Gasteiger partial charge is 0.306 e. The molecule has 0 rings (SSSR count). The third kappa shape index (κ3) is 4.71. The minimum atomic E-state index is -0.296. The van der Waals surface area contributed by atoms with Gasteiger partial charge in [0.2, 0.25) is 0 Å². The summed E-state index contributed by atoms with van der Waals surface area (Å²) in [5.41, 5.74) is 7.87. The first-order valence-electron chi connectivity index (χ1n) is 2.54. The molecular formula is C5H8N2O2. The zero-order valence-electron chi connectivity index (χ0n) is 5.20. The van der Waals surface area contributed by atoms with Crippen LogP contribution in [-0.2, 0) is 9.53 Å². The van der Waals surface area contributed by atoms with Gasteiger partial charge in [-0.25, -0.2) is 0 Å². The maximum absolute atomic E-state index is 10.3. The van der Waals surface area contributed by atoms with Crippen molar-refractivity contribution in [2.45, 2.75) is 12.8 Å². The molecule has 0 amide bonds. The molecule has 0 aliphatic heterocycles. The van der Waals surface area contributed by atoms with Crippen LogP contribution in [0, 0.1) is 0 Å². The zero-order chi connectivity index (χ0) is 7.11. The van der Waals surface area contributed by atoms with Crippen molar-refractivity contribution < 1.29 is 14.3 Å². The second-order valence-electron chi connectivity index (χ2n) is 1.41. The van der Waals surface area contributed by atoms with Crippen molar-refractivity contribution >= 4 is 12.2 Å². The first kappa shape index (κ1) is 7.85. The van der Waals surface area contributed by atoms with E-state index in [1.807, 2.05) is 0 Å². The number of methoxy groups -OCH3 is 1. The number of esters is 1. The molecule has 0 aliphatic carbocycles. The zero-order valence-corrected chi connectivity index (χ0v) is 5.20. The predicted octanol–water partition coefficient (Wildman–Crippen LogP) is 0.240. The maximum atomic E-state index is 10.3. The van der Waals surface area contributed by atoms with Gasteiger partial charge in [0, 0.05) is 0 Å². The lowest BCUT2D eigenvalue weighted by atomic mass is 10.3. The van der Waals surface area contributed by atoms with Crippen molar-refractivity contribution in [3.8, 4) is 0 Å². The molecule has 0 heterocycles. The molecule has 4 heteroatoms. The summed E-state index contributed by atoms with van der Waals surface area (Å²) in [5.74, 6) is -0.296. The van der Waals surface area contributed by atoms with E-state index in [0.717, 1.165) is 0 Å². The van der Waals surface area contributed by atoms with E-state index < -0.39 is 0 Å². The van der Waals surface area contributed by atoms with Crippen molar-refractivity contribution in [1.29, 1.82) is 0 Å². The van der Waals surface area contributed by atoms with Crippen LogP contribution >= 0.6 is 0 Å². The van der Waals surface area contributed by atoms with Gasteiger partial charge in [-0.05, 0) is 0 Å². The molecule has 0 bridgehead atoms. The monoisotopic (exact) mass is 128 g/mol. The van der Waals surface area contributed by atoms with E-state index in [0.29, 0.717) is 6.42 Å². The molecule has 50 valence electrons. The lowest BCUT2D eigenvalue weighted by molar-refractivity contribution is -0.140. The molecule has 0 fully saturated rings. The Morgan fingerprint density at radius 2 is 2.56 bits per heavy atom. The van der Waals surface area contributed by atoms with E-state index in [1.165, 1.54) is 13.3 Å². The van der Waals surface area contributed by atoms with Crippen molar-refractivity contribution in [2.75, 3.05) is 7.11 Å². The van der Waals surface area contributed by atoms with E-state index in [2.05, 4.69) is 9.53 Å². The Bertz CT molecular complexity index is 138. The molecular weight excluding hydrogens is 120 g/mol. The summed E-state index contributed by atoms with van der Waals surface area (Å²) in [5, 5.41) is 0. The summed E-state index contributed by atoms with van der Waals surface area (Å²) in [6.07, 6.45) is 1.93. The highest BCUT2D eigenvalue weighted by molar-refractivity contribution is 5.72. The topological polar surface area (TPSA) is 62.7 Å². The first-order chi connectivity index (χ1) is 4.31. The summed E-state index contributed by atoms with van der Waals surface area (Å²) in [6.45, 7) is 0. The molecule has 9 heavy (non-hydrogen) atoms. The summed E-state index contributed by atoms with van der Waals surface area (Å²) in [4.78, 5) is 13.0. The molecule has 0 aromatic rings. The third-order valence-corrected chi connectivity index (χ3v) is 0.787. The van der Waals surface area contributed by atoms with Crippen LogP contribution in [0.3, 0.4) is 0 Å². The summed E-state index contributed by atoms with van der Waals surface area (Å²) in [7, 11) is 1.32. The van der Waals surface area contributed by atoms with Gasteiger partial charge in [0.25, 0.3) is 6.21 Å². The first-order valence-corrected chi connectivity index (χ1v) is 2.54. The van der Waals surface area contributed by atoms with Gasteiger partial charge in [0.15, 0.2) is 0 Å². The fraction of sp³-hybridized carbons (Fsp3) is 0.600. The Hall–Kier alpha value is -1.15. The van der Waals surface area contributed by atoms with E-state index >= 15 is 0 Å². The van der Waals surface area contributed by atoms with Crippen LogP contribution in [0.4, 0.5) is 0 Å². The van der Waals surface area contributed by atoms with Gasteiger partial charge in [0.1, 0.15) is 0 Å². The number of hydrogen-bond acceptors (Lipinski definition) is 2. The Labute approximate surface area is 53.1 Å². The number of carbonyl (C=O) groups is 1. The van der Waals surface area contributed by atoms with Crippen LogP contribution < -0.4 is 0 Å². The summed E-state index contributed by atoms with van der Waals surface area (Å²) < 4.78 is 4.31. The second kappa shape index (κ2) is 5.00. The Balaban J connectivity index is 3.27.